The summed E-state index contributed by atoms with van der Waals surface area (Å²) in [6.45, 7) is 7.99. The highest BCUT2D eigenvalue weighted by molar-refractivity contribution is 7.80. The fourth-order valence-corrected chi connectivity index (χ4v) is 3.56. The van der Waals surface area contributed by atoms with Gasteiger partial charge in [-0.1, -0.05) is 41.4 Å². The van der Waals surface area contributed by atoms with Gasteiger partial charge < -0.3 is 9.73 Å². The minimum absolute atomic E-state index is 0.245. The smallest absolute Gasteiger partial charge is 0.250 e. The minimum Gasteiger partial charge on any atom is -0.457 e. The molecule has 3 rings (SSSR count). The van der Waals surface area contributed by atoms with Gasteiger partial charge in [0.05, 0.1) is 0 Å². The number of hydrogen-bond donors (Lipinski definition) is 2. The number of carbonyl (C=O) groups excluding carboxylic acids is 1. The largest absolute Gasteiger partial charge is 0.457 e. The number of thiocarbonyl (C=S) groups is 1. The molecule has 30 heavy (non-hydrogen) atoms. The van der Waals surface area contributed by atoms with Crippen molar-refractivity contribution in [3.8, 4) is 11.3 Å². The molecular weight excluding hydrogens is 416 g/mol. The van der Waals surface area contributed by atoms with Crippen molar-refractivity contribution in [2.75, 3.05) is 5.32 Å². The van der Waals surface area contributed by atoms with Crippen LogP contribution in [0.25, 0.3) is 17.4 Å². The average molecular weight is 439 g/mol. The first-order valence-corrected chi connectivity index (χ1v) is 10.3. The van der Waals surface area contributed by atoms with Crippen molar-refractivity contribution >= 4 is 46.6 Å². The van der Waals surface area contributed by atoms with Gasteiger partial charge in [0.15, 0.2) is 5.11 Å². The number of nitrogens with one attached hydrogen (secondary N) is 2. The third kappa shape index (κ3) is 5.38. The number of anilines is 1. The van der Waals surface area contributed by atoms with Crippen molar-refractivity contribution in [3.63, 3.8) is 0 Å². The molecule has 3 aromatic rings. The highest BCUT2D eigenvalue weighted by Crippen LogP contribution is 2.27. The summed E-state index contributed by atoms with van der Waals surface area (Å²) >= 11 is 11.5. The lowest BCUT2D eigenvalue weighted by Crippen LogP contribution is -2.33. The van der Waals surface area contributed by atoms with Crippen LogP contribution in [-0.2, 0) is 4.79 Å². The van der Waals surface area contributed by atoms with Crippen molar-refractivity contribution in [2.24, 2.45) is 0 Å². The predicted molar refractivity (Wildman–Crippen MR) is 128 cm³/mol. The molecule has 0 spiro atoms. The topological polar surface area (TPSA) is 54.3 Å². The number of aryl methyl sites for hydroxylation is 4. The zero-order valence-corrected chi connectivity index (χ0v) is 18.9. The van der Waals surface area contributed by atoms with Crippen LogP contribution in [0, 0.1) is 27.7 Å². The lowest BCUT2D eigenvalue weighted by atomic mass is 10.1. The Morgan fingerprint density at radius 2 is 1.70 bits per heavy atom. The maximum atomic E-state index is 12.2. The highest BCUT2D eigenvalue weighted by atomic mass is 35.5. The second-order valence-corrected chi connectivity index (χ2v) is 8.03. The molecule has 0 saturated heterocycles. The molecule has 2 N–H and O–H groups in total. The van der Waals surface area contributed by atoms with Crippen molar-refractivity contribution in [3.05, 3.63) is 81.6 Å². The Kier molecular flexibility index (Phi) is 6.75. The van der Waals surface area contributed by atoms with Crippen LogP contribution >= 0.6 is 23.8 Å². The van der Waals surface area contributed by atoms with Crippen molar-refractivity contribution in [1.82, 2.24) is 5.32 Å². The molecule has 1 aromatic heterocycles. The van der Waals surface area contributed by atoms with Gasteiger partial charge in [0.1, 0.15) is 11.5 Å². The Labute approximate surface area is 186 Å². The Hall–Kier alpha value is -2.89. The van der Waals surface area contributed by atoms with Gasteiger partial charge in [0, 0.05) is 22.3 Å². The van der Waals surface area contributed by atoms with Crippen LogP contribution in [0.1, 0.15) is 28.0 Å². The number of furan rings is 1. The van der Waals surface area contributed by atoms with E-state index in [4.69, 9.17) is 28.2 Å². The molecule has 0 aliphatic heterocycles. The lowest BCUT2D eigenvalue weighted by molar-refractivity contribution is -0.115. The summed E-state index contributed by atoms with van der Waals surface area (Å²) in [5.41, 5.74) is 6.10. The SMILES string of the molecule is Cc1cc(C)c(NC(=S)NC(=O)/C=C/c2ccc(-c3ccc(C)c(Cl)c3)o2)c(C)c1. The molecule has 0 fully saturated rings. The normalized spacial score (nSPS) is 11.0. The fourth-order valence-electron chi connectivity index (χ4n) is 3.18. The van der Waals surface area contributed by atoms with E-state index in [0.717, 1.165) is 27.9 Å². The second kappa shape index (κ2) is 9.28. The van der Waals surface area contributed by atoms with E-state index < -0.39 is 0 Å². The molecule has 0 bridgehead atoms. The molecular formula is C24H23ClN2O2S. The maximum absolute atomic E-state index is 12.2. The van der Waals surface area contributed by atoms with Gasteiger partial charge >= 0.3 is 0 Å². The zero-order valence-electron chi connectivity index (χ0n) is 17.3. The monoisotopic (exact) mass is 438 g/mol. The third-order valence-electron chi connectivity index (χ3n) is 4.63. The van der Waals surface area contributed by atoms with Gasteiger partial charge in [0.2, 0.25) is 5.91 Å². The van der Waals surface area contributed by atoms with E-state index in [-0.39, 0.29) is 11.0 Å². The van der Waals surface area contributed by atoms with Crippen molar-refractivity contribution < 1.29 is 9.21 Å². The van der Waals surface area contributed by atoms with Gasteiger partial charge in [-0.2, -0.15) is 0 Å². The zero-order chi connectivity index (χ0) is 21.8. The number of benzene rings is 2. The molecule has 2 aromatic carbocycles. The lowest BCUT2D eigenvalue weighted by Gasteiger charge is -2.14. The summed E-state index contributed by atoms with van der Waals surface area (Å²) in [5, 5.41) is 6.68. The number of hydrogen-bond acceptors (Lipinski definition) is 3. The van der Waals surface area contributed by atoms with Gasteiger partial charge in [0.25, 0.3) is 0 Å². The summed E-state index contributed by atoms with van der Waals surface area (Å²) in [6.07, 6.45) is 2.98. The summed E-state index contributed by atoms with van der Waals surface area (Å²) in [7, 11) is 0. The van der Waals surface area contributed by atoms with E-state index in [1.165, 1.54) is 11.6 Å². The van der Waals surface area contributed by atoms with E-state index in [9.17, 15) is 4.79 Å². The first-order chi connectivity index (χ1) is 14.2. The number of amides is 1. The van der Waals surface area contributed by atoms with Crippen molar-refractivity contribution in [1.29, 1.82) is 0 Å². The quantitative estimate of drug-likeness (QED) is 0.367. The molecule has 0 unspecified atom stereocenters. The maximum Gasteiger partial charge on any atom is 0.250 e. The summed E-state index contributed by atoms with van der Waals surface area (Å²) in [4.78, 5) is 12.2. The number of carbonyl (C=O) groups is 1. The average Bonchev–Trinajstić information content (AvgIpc) is 3.14. The van der Waals surface area contributed by atoms with E-state index in [0.29, 0.717) is 16.5 Å². The number of halogens is 1. The molecule has 0 saturated carbocycles. The van der Waals surface area contributed by atoms with Gasteiger partial charge in [-0.15, -0.1) is 0 Å². The van der Waals surface area contributed by atoms with Crippen molar-refractivity contribution in [2.45, 2.75) is 27.7 Å². The Bertz CT molecular complexity index is 1120. The molecule has 0 radical (unpaired) electrons. The molecule has 6 heteroatoms. The van der Waals surface area contributed by atoms with Gasteiger partial charge in [-0.3, -0.25) is 10.1 Å². The predicted octanol–water partition coefficient (Wildman–Crippen LogP) is 6.36. The summed E-state index contributed by atoms with van der Waals surface area (Å²) in [5.74, 6) is 0.895. The third-order valence-corrected chi connectivity index (χ3v) is 5.25. The Morgan fingerprint density at radius 1 is 1.00 bits per heavy atom. The van der Waals surface area contributed by atoms with Crippen LogP contribution in [-0.4, -0.2) is 11.0 Å². The fraction of sp³-hybridized carbons (Fsp3) is 0.167. The van der Waals surface area contributed by atoms with Gasteiger partial charge in [-0.05, 0) is 80.9 Å². The van der Waals surface area contributed by atoms with Crippen LogP contribution in [0.5, 0.6) is 0 Å². The molecule has 4 nitrogen and oxygen atoms in total. The van der Waals surface area contributed by atoms with Crippen LogP contribution in [0.2, 0.25) is 5.02 Å². The molecule has 154 valence electrons. The van der Waals surface area contributed by atoms with Crippen LogP contribution in [0.3, 0.4) is 0 Å². The number of rotatable bonds is 4. The van der Waals surface area contributed by atoms with E-state index >= 15 is 0 Å². The first kappa shape index (κ1) is 21.8. The minimum atomic E-state index is -0.341. The molecule has 1 heterocycles. The van der Waals surface area contributed by atoms with E-state index in [2.05, 4.69) is 22.8 Å². The molecule has 1 amide bonds. The van der Waals surface area contributed by atoms with Crippen LogP contribution in [0.15, 0.2) is 53.0 Å². The van der Waals surface area contributed by atoms with Crippen LogP contribution in [0.4, 0.5) is 5.69 Å². The second-order valence-electron chi connectivity index (χ2n) is 7.22. The molecule has 0 aliphatic carbocycles. The molecule has 0 atom stereocenters. The van der Waals surface area contributed by atoms with E-state index in [1.54, 1.807) is 12.1 Å². The standard InChI is InChI=1S/C24H23ClN2O2S/c1-14-11-16(3)23(17(4)12-14)27-24(30)26-22(28)10-8-19-7-9-21(29-19)18-6-5-15(2)20(25)13-18/h5-13H,1-4H3,(H2,26,27,28,30)/b10-8+. The Morgan fingerprint density at radius 3 is 2.37 bits per heavy atom. The van der Waals surface area contributed by atoms with Gasteiger partial charge in [-0.25, -0.2) is 0 Å². The first-order valence-electron chi connectivity index (χ1n) is 9.47. The van der Waals surface area contributed by atoms with E-state index in [1.807, 2.05) is 52.0 Å². The molecule has 0 aliphatic rings. The highest BCUT2D eigenvalue weighted by Gasteiger charge is 2.08. The summed E-state index contributed by atoms with van der Waals surface area (Å²) < 4.78 is 5.78. The summed E-state index contributed by atoms with van der Waals surface area (Å²) in [6, 6.07) is 13.5. The van der Waals surface area contributed by atoms with Crippen LogP contribution < -0.4 is 10.6 Å². The Balaban J connectivity index is 1.62.